The number of rotatable bonds is 10. The van der Waals surface area contributed by atoms with Gasteiger partial charge >= 0.3 is 12.1 Å². The van der Waals surface area contributed by atoms with Crippen LogP contribution in [0.1, 0.15) is 93.9 Å². The van der Waals surface area contributed by atoms with Gasteiger partial charge in [-0.05, 0) is 70.9 Å². The lowest BCUT2D eigenvalue weighted by Gasteiger charge is -2.36. The zero-order valence-electron chi connectivity index (χ0n) is 29.7. The minimum absolute atomic E-state index is 0.00728. The van der Waals surface area contributed by atoms with Crippen LogP contribution in [-0.4, -0.2) is 111 Å². The van der Waals surface area contributed by atoms with Crippen molar-refractivity contribution in [3.05, 3.63) is 36.0 Å². The Hall–Kier alpha value is -2.24. The lowest BCUT2D eigenvalue weighted by Crippen LogP contribution is -2.51. The van der Waals surface area contributed by atoms with Crippen molar-refractivity contribution in [1.82, 2.24) is 9.80 Å². The Labute approximate surface area is 281 Å². The van der Waals surface area contributed by atoms with Gasteiger partial charge in [0.15, 0.2) is 0 Å². The summed E-state index contributed by atoms with van der Waals surface area (Å²) in [6, 6.07) is 0.994. The summed E-state index contributed by atoms with van der Waals surface area (Å²) in [5, 5.41) is 31.8. The van der Waals surface area contributed by atoms with Gasteiger partial charge in [-0.3, -0.25) is 9.69 Å². The molecule has 266 valence electrons. The molecular weight excluding hydrogens is 600 g/mol. The zero-order chi connectivity index (χ0) is 34.6. The number of amides is 1. The molecule has 0 aromatic carbocycles. The van der Waals surface area contributed by atoms with Crippen molar-refractivity contribution in [3.63, 3.8) is 0 Å². The molecule has 4 rings (SSSR count). The van der Waals surface area contributed by atoms with E-state index in [1.165, 1.54) is 0 Å². The summed E-state index contributed by atoms with van der Waals surface area (Å²) in [6.45, 7) is 17.4. The first-order valence-corrected chi connectivity index (χ1v) is 17.8. The standard InChI is InChI=1S/C37H60N2O8/c1-9-30(41)26(7)35-32(45-35)19-37(8,44)16-10-11-24(5)34-25(6)13-15-31(23(4)12-14-29(40)18-33(42)47-34)46-36(43)39-21-27-17-28(39)20-38(27)22(2)3/h10-11,13,15-16,22-23,25-32,34-35,40-41,44H,9,12,14,17-21H2,1-8H3/b15-13-,16-10+,24-11+/t23?,25?,26?,27-,28-,29?,30?,31?,32?,34?,35?,37?/m0/s1. The lowest BCUT2D eigenvalue weighted by atomic mass is 9.91. The summed E-state index contributed by atoms with van der Waals surface area (Å²) < 4.78 is 17.8. The molecule has 3 saturated heterocycles. The summed E-state index contributed by atoms with van der Waals surface area (Å²) in [5.74, 6) is -0.762. The highest BCUT2D eigenvalue weighted by molar-refractivity contribution is 5.70. The molecule has 10 unspecified atom stereocenters. The fourth-order valence-electron chi connectivity index (χ4n) is 7.54. The normalized spacial score (nSPS) is 37.2. The maximum absolute atomic E-state index is 13.4. The molecule has 47 heavy (non-hydrogen) atoms. The lowest BCUT2D eigenvalue weighted by molar-refractivity contribution is -0.151. The van der Waals surface area contributed by atoms with Crippen LogP contribution in [0.4, 0.5) is 4.79 Å². The van der Waals surface area contributed by atoms with Crippen LogP contribution in [0.3, 0.4) is 0 Å². The van der Waals surface area contributed by atoms with Crippen LogP contribution < -0.4 is 0 Å². The van der Waals surface area contributed by atoms with E-state index in [4.69, 9.17) is 14.2 Å². The Morgan fingerprint density at radius 2 is 1.89 bits per heavy atom. The second kappa shape index (κ2) is 16.0. The van der Waals surface area contributed by atoms with Crippen molar-refractivity contribution in [1.29, 1.82) is 0 Å². The molecule has 3 fully saturated rings. The molecule has 0 aromatic heterocycles. The van der Waals surface area contributed by atoms with Gasteiger partial charge in [0.2, 0.25) is 0 Å². The molecule has 0 saturated carbocycles. The number of hydrogen-bond donors (Lipinski definition) is 3. The largest absolute Gasteiger partial charge is 0.457 e. The predicted molar refractivity (Wildman–Crippen MR) is 180 cm³/mol. The molecule has 0 aromatic rings. The number of fused-ring (bicyclic) bond motifs is 2. The van der Waals surface area contributed by atoms with E-state index in [2.05, 4.69) is 18.7 Å². The summed E-state index contributed by atoms with van der Waals surface area (Å²) in [5.41, 5.74) is -0.347. The first-order valence-electron chi connectivity index (χ1n) is 17.8. The fraction of sp³-hybridized carbons (Fsp3) is 0.784. The molecule has 4 aliphatic rings. The van der Waals surface area contributed by atoms with Crippen LogP contribution >= 0.6 is 0 Å². The van der Waals surface area contributed by atoms with E-state index < -0.39 is 36.0 Å². The third kappa shape index (κ3) is 9.91. The van der Waals surface area contributed by atoms with Crippen molar-refractivity contribution in [2.24, 2.45) is 17.8 Å². The van der Waals surface area contributed by atoms with Crippen LogP contribution in [0, 0.1) is 17.8 Å². The Morgan fingerprint density at radius 1 is 1.17 bits per heavy atom. The number of cyclic esters (lactones) is 1. The molecule has 0 aliphatic carbocycles. The summed E-state index contributed by atoms with van der Waals surface area (Å²) in [6.07, 6.45) is 9.24. The number of carbonyl (C=O) groups is 2. The average molecular weight is 661 g/mol. The molecule has 10 heteroatoms. The van der Waals surface area contributed by atoms with Gasteiger partial charge in [0.1, 0.15) is 12.2 Å². The van der Waals surface area contributed by atoms with Gasteiger partial charge in [-0.25, -0.2) is 4.79 Å². The predicted octanol–water partition coefficient (Wildman–Crippen LogP) is 4.76. The second-order valence-corrected chi connectivity index (χ2v) is 15.2. The molecule has 0 spiro atoms. The SMILES string of the molecule is CCC(O)C(C)C1OC1CC(C)(O)/C=C/C=C(\C)C1OC(=O)CC(O)CCC(C)C(OC(=O)N2C[C@@H]3C[C@H]2CN3C(C)C)/C=C\C1C. The van der Waals surface area contributed by atoms with Gasteiger partial charge in [-0.1, -0.05) is 52.0 Å². The van der Waals surface area contributed by atoms with Crippen molar-refractivity contribution in [3.8, 4) is 0 Å². The Balaban J connectivity index is 1.43. The van der Waals surface area contributed by atoms with E-state index >= 15 is 0 Å². The minimum Gasteiger partial charge on any atom is -0.457 e. The smallest absolute Gasteiger partial charge is 0.410 e. The second-order valence-electron chi connectivity index (χ2n) is 15.2. The number of hydrogen-bond acceptors (Lipinski definition) is 9. The number of carbonyl (C=O) groups excluding carboxylic acids is 2. The van der Waals surface area contributed by atoms with E-state index in [0.717, 1.165) is 18.5 Å². The third-order valence-electron chi connectivity index (χ3n) is 10.7. The van der Waals surface area contributed by atoms with E-state index in [1.807, 2.05) is 57.7 Å². The van der Waals surface area contributed by atoms with Crippen LogP contribution in [-0.2, 0) is 19.0 Å². The van der Waals surface area contributed by atoms with Gasteiger partial charge in [0, 0.05) is 49.5 Å². The number of nitrogens with zero attached hydrogens (tertiary/aromatic N) is 2. The van der Waals surface area contributed by atoms with Crippen molar-refractivity contribution in [2.75, 3.05) is 13.1 Å². The molecule has 4 aliphatic heterocycles. The number of epoxide rings is 1. The van der Waals surface area contributed by atoms with Crippen molar-refractivity contribution >= 4 is 12.1 Å². The van der Waals surface area contributed by atoms with Crippen LogP contribution in [0.25, 0.3) is 0 Å². The average Bonchev–Trinajstić information content (AvgIpc) is 3.43. The maximum atomic E-state index is 13.4. The molecule has 2 bridgehead atoms. The van der Waals surface area contributed by atoms with Crippen molar-refractivity contribution < 1.29 is 39.1 Å². The topological polar surface area (TPSA) is 132 Å². The summed E-state index contributed by atoms with van der Waals surface area (Å²) in [7, 11) is 0. The number of aliphatic hydroxyl groups excluding tert-OH is 2. The number of likely N-dealkylation sites (tertiary alicyclic amines) is 2. The Morgan fingerprint density at radius 3 is 2.53 bits per heavy atom. The van der Waals surface area contributed by atoms with Gasteiger partial charge < -0.3 is 34.4 Å². The molecule has 12 atom stereocenters. The Kier molecular flexibility index (Phi) is 12.8. The minimum atomic E-state index is -1.12. The highest BCUT2D eigenvalue weighted by Gasteiger charge is 2.48. The molecule has 10 nitrogen and oxygen atoms in total. The maximum Gasteiger partial charge on any atom is 0.410 e. The van der Waals surface area contributed by atoms with E-state index in [-0.39, 0.29) is 48.5 Å². The van der Waals surface area contributed by atoms with Crippen LogP contribution in [0.15, 0.2) is 36.0 Å². The number of aliphatic hydroxyl groups is 3. The summed E-state index contributed by atoms with van der Waals surface area (Å²) >= 11 is 0. The quantitative estimate of drug-likeness (QED) is 0.131. The summed E-state index contributed by atoms with van der Waals surface area (Å²) in [4.78, 5) is 30.6. The third-order valence-corrected chi connectivity index (χ3v) is 10.7. The monoisotopic (exact) mass is 660 g/mol. The highest BCUT2D eigenvalue weighted by Crippen LogP contribution is 2.38. The first kappa shape index (κ1) is 37.6. The Bertz CT molecular complexity index is 1170. The fourth-order valence-corrected chi connectivity index (χ4v) is 7.54. The molecular formula is C37H60N2O8. The molecule has 1 amide bonds. The highest BCUT2D eigenvalue weighted by atomic mass is 16.6. The van der Waals surface area contributed by atoms with E-state index in [9.17, 15) is 24.9 Å². The van der Waals surface area contributed by atoms with E-state index in [1.54, 1.807) is 19.1 Å². The molecule has 3 N–H and O–H groups in total. The molecule has 0 radical (unpaired) electrons. The molecule has 4 heterocycles. The van der Waals surface area contributed by atoms with Crippen LogP contribution in [0.5, 0.6) is 0 Å². The number of esters is 1. The van der Waals surface area contributed by atoms with Gasteiger partial charge in [0.05, 0.1) is 36.4 Å². The van der Waals surface area contributed by atoms with E-state index in [0.29, 0.717) is 44.3 Å². The zero-order valence-corrected chi connectivity index (χ0v) is 29.7. The number of ether oxygens (including phenoxy) is 3. The van der Waals surface area contributed by atoms with Crippen LogP contribution in [0.2, 0.25) is 0 Å². The number of piperazine rings is 1. The van der Waals surface area contributed by atoms with Gasteiger partial charge in [-0.2, -0.15) is 0 Å². The van der Waals surface area contributed by atoms with Crippen molar-refractivity contribution in [2.45, 2.75) is 154 Å². The first-order chi connectivity index (χ1) is 22.1. The van der Waals surface area contributed by atoms with Gasteiger partial charge in [0.25, 0.3) is 0 Å². The van der Waals surface area contributed by atoms with Gasteiger partial charge in [-0.15, -0.1) is 0 Å². The number of allylic oxidation sites excluding steroid dienone is 2.